The van der Waals surface area contributed by atoms with Crippen molar-refractivity contribution >= 4 is 5.97 Å². The highest BCUT2D eigenvalue weighted by Gasteiger charge is 2.33. The highest BCUT2D eigenvalue weighted by Crippen LogP contribution is 2.38. The molecule has 0 fully saturated rings. The lowest BCUT2D eigenvalue weighted by molar-refractivity contribution is -0.140. The van der Waals surface area contributed by atoms with E-state index in [1.165, 1.54) is 23.8 Å². The summed E-state index contributed by atoms with van der Waals surface area (Å²) in [5, 5.41) is 9.40. The number of halogens is 1. The molecule has 3 rings (SSSR count). The van der Waals surface area contributed by atoms with Crippen LogP contribution in [0.15, 0.2) is 48.5 Å². The molecule has 3 nitrogen and oxygen atoms in total. The number of rotatable bonds is 4. The van der Waals surface area contributed by atoms with E-state index in [4.69, 9.17) is 4.74 Å². The summed E-state index contributed by atoms with van der Waals surface area (Å²) in [6.45, 7) is 0. The first kappa shape index (κ1) is 14.6. The molecule has 1 N–H and O–H groups in total. The van der Waals surface area contributed by atoms with Gasteiger partial charge in [-0.15, -0.1) is 0 Å². The maximum absolute atomic E-state index is 13.3. The number of fused-ring (bicyclic) bond motifs is 1. The van der Waals surface area contributed by atoms with Crippen molar-refractivity contribution in [1.82, 2.24) is 0 Å². The standard InChI is InChI=1S/C18H17FO3/c19-13-7-9-17-15(10-13)16(18(20)21)11-14(22-17)8-6-12-4-2-1-3-5-12/h1-5,7,9-10,14,16H,6,8,11H2,(H,20,21)/t14-,16-/m0/s1. The third-order valence-electron chi connectivity index (χ3n) is 4.04. The molecule has 1 heterocycles. The highest BCUT2D eigenvalue weighted by atomic mass is 19.1. The Morgan fingerprint density at radius 1 is 1.23 bits per heavy atom. The number of carboxylic acid groups (broad SMARTS) is 1. The van der Waals surface area contributed by atoms with Gasteiger partial charge in [-0.3, -0.25) is 4.79 Å². The average molecular weight is 300 g/mol. The first-order chi connectivity index (χ1) is 10.6. The van der Waals surface area contributed by atoms with Gasteiger partial charge in [0.1, 0.15) is 17.7 Å². The average Bonchev–Trinajstić information content (AvgIpc) is 2.53. The number of carbonyl (C=O) groups is 1. The van der Waals surface area contributed by atoms with Gasteiger partial charge in [-0.1, -0.05) is 30.3 Å². The molecule has 0 amide bonds. The molecule has 2 aromatic carbocycles. The van der Waals surface area contributed by atoms with E-state index < -0.39 is 17.7 Å². The Labute approximate surface area is 128 Å². The number of hydrogen-bond acceptors (Lipinski definition) is 2. The van der Waals surface area contributed by atoms with Crippen molar-refractivity contribution in [3.05, 3.63) is 65.5 Å². The fourth-order valence-corrected chi connectivity index (χ4v) is 2.90. The Morgan fingerprint density at radius 3 is 2.73 bits per heavy atom. The van der Waals surface area contributed by atoms with Gasteiger partial charge in [0.2, 0.25) is 0 Å². The molecular formula is C18H17FO3. The number of ether oxygens (including phenoxy) is 1. The number of aliphatic carboxylic acids is 1. The molecule has 4 heteroatoms. The van der Waals surface area contributed by atoms with Gasteiger partial charge in [0.15, 0.2) is 0 Å². The zero-order chi connectivity index (χ0) is 15.5. The summed E-state index contributed by atoms with van der Waals surface area (Å²) in [6.07, 6.45) is 1.77. The Balaban J connectivity index is 1.76. The normalized spacial score (nSPS) is 20.0. The largest absolute Gasteiger partial charge is 0.490 e. The van der Waals surface area contributed by atoms with Crippen LogP contribution in [0.2, 0.25) is 0 Å². The minimum atomic E-state index is -0.931. The molecule has 0 saturated carbocycles. The number of hydrogen-bond donors (Lipinski definition) is 1. The second-order valence-electron chi connectivity index (χ2n) is 5.57. The third-order valence-corrected chi connectivity index (χ3v) is 4.04. The summed E-state index contributed by atoms with van der Waals surface area (Å²) in [4.78, 5) is 11.5. The lowest BCUT2D eigenvalue weighted by Crippen LogP contribution is -2.30. The molecule has 1 aliphatic rings. The second kappa shape index (κ2) is 6.18. The molecule has 0 aromatic heterocycles. The van der Waals surface area contributed by atoms with E-state index in [0.717, 1.165) is 12.8 Å². The van der Waals surface area contributed by atoms with Crippen LogP contribution in [-0.2, 0) is 11.2 Å². The van der Waals surface area contributed by atoms with E-state index in [-0.39, 0.29) is 6.10 Å². The predicted octanol–water partition coefficient (Wildman–Crippen LogP) is 3.78. The maximum Gasteiger partial charge on any atom is 0.311 e. The molecule has 0 bridgehead atoms. The van der Waals surface area contributed by atoms with Gasteiger partial charge in [0, 0.05) is 12.0 Å². The Morgan fingerprint density at radius 2 is 2.00 bits per heavy atom. The molecule has 0 saturated heterocycles. The summed E-state index contributed by atoms with van der Waals surface area (Å²) < 4.78 is 19.2. The molecular weight excluding hydrogens is 283 g/mol. The van der Waals surface area contributed by atoms with Gasteiger partial charge < -0.3 is 9.84 Å². The van der Waals surface area contributed by atoms with Crippen LogP contribution in [0, 0.1) is 5.82 Å². The zero-order valence-corrected chi connectivity index (χ0v) is 12.0. The van der Waals surface area contributed by atoms with Gasteiger partial charge >= 0.3 is 5.97 Å². The summed E-state index contributed by atoms with van der Waals surface area (Å²) in [5.74, 6) is -1.59. The van der Waals surface area contributed by atoms with E-state index in [0.29, 0.717) is 17.7 Å². The third kappa shape index (κ3) is 3.11. The van der Waals surface area contributed by atoms with Crippen LogP contribution in [0.25, 0.3) is 0 Å². The minimum absolute atomic E-state index is 0.167. The topological polar surface area (TPSA) is 46.5 Å². The van der Waals surface area contributed by atoms with Crippen molar-refractivity contribution in [3.8, 4) is 5.75 Å². The van der Waals surface area contributed by atoms with E-state index in [9.17, 15) is 14.3 Å². The van der Waals surface area contributed by atoms with E-state index in [2.05, 4.69) is 0 Å². The van der Waals surface area contributed by atoms with Crippen LogP contribution in [0.1, 0.15) is 29.9 Å². The quantitative estimate of drug-likeness (QED) is 0.934. The first-order valence-corrected chi connectivity index (χ1v) is 7.36. The molecule has 0 radical (unpaired) electrons. The van der Waals surface area contributed by atoms with Gasteiger partial charge in [0.05, 0.1) is 5.92 Å². The van der Waals surface area contributed by atoms with E-state index >= 15 is 0 Å². The fraction of sp³-hybridized carbons (Fsp3) is 0.278. The first-order valence-electron chi connectivity index (χ1n) is 7.36. The van der Waals surface area contributed by atoms with Crippen molar-refractivity contribution < 1.29 is 19.0 Å². The molecule has 22 heavy (non-hydrogen) atoms. The lowest BCUT2D eigenvalue weighted by atomic mass is 9.88. The molecule has 0 unspecified atom stereocenters. The predicted molar refractivity (Wildman–Crippen MR) is 80.6 cm³/mol. The lowest BCUT2D eigenvalue weighted by Gasteiger charge is -2.30. The van der Waals surface area contributed by atoms with Crippen LogP contribution in [0.3, 0.4) is 0 Å². The molecule has 0 spiro atoms. The van der Waals surface area contributed by atoms with Gasteiger partial charge in [-0.05, 0) is 36.6 Å². The summed E-state index contributed by atoms with van der Waals surface area (Å²) in [5.41, 5.74) is 1.63. The van der Waals surface area contributed by atoms with Crippen LogP contribution >= 0.6 is 0 Å². The monoisotopic (exact) mass is 300 g/mol. The molecule has 2 atom stereocenters. The van der Waals surface area contributed by atoms with Crippen LogP contribution in [0.5, 0.6) is 5.75 Å². The molecule has 2 aromatic rings. The van der Waals surface area contributed by atoms with Crippen molar-refractivity contribution in [3.63, 3.8) is 0 Å². The van der Waals surface area contributed by atoms with Crippen LogP contribution < -0.4 is 4.74 Å². The number of carboxylic acids is 1. The van der Waals surface area contributed by atoms with Gasteiger partial charge in [-0.2, -0.15) is 0 Å². The van der Waals surface area contributed by atoms with Crippen molar-refractivity contribution in [2.24, 2.45) is 0 Å². The Hall–Kier alpha value is -2.36. The van der Waals surface area contributed by atoms with Crippen molar-refractivity contribution in [1.29, 1.82) is 0 Å². The Bertz CT molecular complexity index is 669. The fourth-order valence-electron chi connectivity index (χ4n) is 2.90. The van der Waals surface area contributed by atoms with Crippen molar-refractivity contribution in [2.45, 2.75) is 31.3 Å². The number of benzene rings is 2. The second-order valence-corrected chi connectivity index (χ2v) is 5.57. The minimum Gasteiger partial charge on any atom is -0.490 e. The zero-order valence-electron chi connectivity index (χ0n) is 12.0. The SMILES string of the molecule is O=C(O)[C@H]1C[C@H](CCc2ccccc2)Oc2ccc(F)cc21. The van der Waals surface area contributed by atoms with Crippen LogP contribution in [0.4, 0.5) is 4.39 Å². The maximum atomic E-state index is 13.3. The van der Waals surface area contributed by atoms with E-state index in [1.807, 2.05) is 30.3 Å². The molecule has 114 valence electrons. The molecule has 0 aliphatic carbocycles. The highest BCUT2D eigenvalue weighted by molar-refractivity contribution is 5.77. The molecule has 1 aliphatic heterocycles. The summed E-state index contributed by atoms with van der Waals surface area (Å²) >= 11 is 0. The number of aryl methyl sites for hydroxylation is 1. The van der Waals surface area contributed by atoms with Crippen LogP contribution in [-0.4, -0.2) is 17.2 Å². The summed E-state index contributed by atoms with van der Waals surface area (Å²) in [7, 11) is 0. The van der Waals surface area contributed by atoms with E-state index in [1.54, 1.807) is 0 Å². The van der Waals surface area contributed by atoms with Gasteiger partial charge in [0.25, 0.3) is 0 Å². The Kier molecular flexibility index (Phi) is 4.09. The smallest absolute Gasteiger partial charge is 0.311 e. The van der Waals surface area contributed by atoms with Crippen molar-refractivity contribution in [2.75, 3.05) is 0 Å². The summed E-state index contributed by atoms with van der Waals surface area (Å²) in [6, 6.07) is 14.1. The van der Waals surface area contributed by atoms with Gasteiger partial charge in [-0.25, -0.2) is 4.39 Å².